The van der Waals surface area contributed by atoms with Crippen LogP contribution in [0, 0.1) is 0 Å². The van der Waals surface area contributed by atoms with E-state index in [4.69, 9.17) is 4.74 Å². The summed E-state index contributed by atoms with van der Waals surface area (Å²) in [6.07, 6.45) is 6.18. The number of nitrogens with one attached hydrogen (secondary N) is 1. The minimum absolute atomic E-state index is 0.236. The second-order valence-corrected chi connectivity index (χ2v) is 4.34. The Morgan fingerprint density at radius 2 is 2.25 bits per heavy atom. The Hall–Kier alpha value is -1.03. The highest BCUT2D eigenvalue weighted by molar-refractivity contribution is 5.12. The smallest absolute Gasteiger partial charge is 0.157 e. The molecule has 4 nitrogen and oxygen atoms in total. The van der Waals surface area contributed by atoms with E-state index >= 15 is 0 Å². The third-order valence-electron chi connectivity index (χ3n) is 2.45. The molecule has 1 aromatic heterocycles. The van der Waals surface area contributed by atoms with Crippen LogP contribution in [-0.2, 0) is 0 Å². The normalized spacial score (nSPS) is 13.1. The molecule has 92 valence electrons. The second-order valence-electron chi connectivity index (χ2n) is 4.34. The van der Waals surface area contributed by atoms with E-state index in [-0.39, 0.29) is 6.10 Å². The Bertz CT molecular complexity index is 290. The Kier molecular flexibility index (Phi) is 5.32. The van der Waals surface area contributed by atoms with Crippen molar-refractivity contribution in [3.05, 3.63) is 12.4 Å². The van der Waals surface area contributed by atoms with Gasteiger partial charge in [-0.25, -0.2) is 0 Å². The lowest BCUT2D eigenvalue weighted by Gasteiger charge is -2.16. The molecule has 0 fully saturated rings. The van der Waals surface area contributed by atoms with Gasteiger partial charge < -0.3 is 10.1 Å². The van der Waals surface area contributed by atoms with Crippen LogP contribution >= 0.6 is 0 Å². The summed E-state index contributed by atoms with van der Waals surface area (Å²) >= 11 is 0. The summed E-state index contributed by atoms with van der Waals surface area (Å²) in [5, 5.41) is 7.41. The number of nitrogens with zero attached hydrogens (tertiary/aromatic N) is 2. The molecule has 0 aliphatic heterocycles. The number of likely N-dealkylation sites (N-methyl/N-ethyl adjacent to an activating group) is 1. The molecule has 0 aromatic carbocycles. The molecular weight excluding hydrogens is 202 g/mol. The topological polar surface area (TPSA) is 39.1 Å². The second kappa shape index (κ2) is 6.53. The fourth-order valence-corrected chi connectivity index (χ4v) is 1.61. The molecule has 0 aliphatic carbocycles. The predicted molar refractivity (Wildman–Crippen MR) is 65.9 cm³/mol. The van der Waals surface area contributed by atoms with Crippen molar-refractivity contribution in [3.8, 4) is 5.75 Å². The minimum Gasteiger partial charge on any atom is -0.486 e. The summed E-state index contributed by atoms with van der Waals surface area (Å²) in [6.45, 7) is 7.26. The van der Waals surface area contributed by atoms with Crippen LogP contribution < -0.4 is 10.1 Å². The van der Waals surface area contributed by atoms with Crippen molar-refractivity contribution >= 4 is 0 Å². The standard InChI is InChI=1S/C12H23N3O/c1-5-6-11(7-13-4)16-12-8-14-15(9-12)10(2)3/h8-11,13H,5-7H2,1-4H3. The maximum Gasteiger partial charge on any atom is 0.157 e. The third-order valence-corrected chi connectivity index (χ3v) is 2.45. The van der Waals surface area contributed by atoms with Crippen LogP contribution in [0.2, 0.25) is 0 Å². The number of hydrogen-bond donors (Lipinski definition) is 1. The van der Waals surface area contributed by atoms with Gasteiger partial charge in [-0.2, -0.15) is 5.10 Å². The van der Waals surface area contributed by atoms with Crippen LogP contribution in [0.1, 0.15) is 39.7 Å². The van der Waals surface area contributed by atoms with E-state index in [1.807, 2.05) is 17.9 Å². The fraction of sp³-hybridized carbons (Fsp3) is 0.750. The highest BCUT2D eigenvalue weighted by Crippen LogP contribution is 2.15. The van der Waals surface area contributed by atoms with Gasteiger partial charge in [-0.3, -0.25) is 4.68 Å². The molecule has 16 heavy (non-hydrogen) atoms. The van der Waals surface area contributed by atoms with Crippen molar-refractivity contribution in [1.82, 2.24) is 15.1 Å². The zero-order valence-electron chi connectivity index (χ0n) is 10.7. The molecule has 0 saturated heterocycles. The minimum atomic E-state index is 0.236. The van der Waals surface area contributed by atoms with E-state index in [0.29, 0.717) is 6.04 Å². The summed E-state index contributed by atoms with van der Waals surface area (Å²) in [5.74, 6) is 0.863. The van der Waals surface area contributed by atoms with Crippen molar-refractivity contribution in [3.63, 3.8) is 0 Å². The molecule has 0 aliphatic rings. The average Bonchev–Trinajstić information content (AvgIpc) is 2.67. The Labute approximate surface area is 98.0 Å². The van der Waals surface area contributed by atoms with Gasteiger partial charge in [0, 0.05) is 12.6 Å². The Morgan fingerprint density at radius 1 is 1.50 bits per heavy atom. The molecule has 1 atom stereocenters. The van der Waals surface area contributed by atoms with Crippen LogP contribution in [-0.4, -0.2) is 29.5 Å². The number of hydrogen-bond acceptors (Lipinski definition) is 3. The zero-order chi connectivity index (χ0) is 12.0. The third kappa shape index (κ3) is 3.85. The molecule has 1 unspecified atom stereocenters. The quantitative estimate of drug-likeness (QED) is 0.773. The van der Waals surface area contributed by atoms with Crippen LogP contribution in [0.15, 0.2) is 12.4 Å². The van der Waals surface area contributed by atoms with Crippen LogP contribution in [0.3, 0.4) is 0 Å². The number of rotatable bonds is 7. The first-order valence-electron chi connectivity index (χ1n) is 6.02. The first-order chi connectivity index (χ1) is 7.67. The molecule has 0 spiro atoms. The van der Waals surface area contributed by atoms with Crippen LogP contribution in [0.5, 0.6) is 5.75 Å². The van der Waals surface area contributed by atoms with Gasteiger partial charge in [0.25, 0.3) is 0 Å². The van der Waals surface area contributed by atoms with Crippen molar-refractivity contribution < 1.29 is 4.74 Å². The average molecular weight is 225 g/mol. The van der Waals surface area contributed by atoms with E-state index in [1.54, 1.807) is 6.20 Å². The van der Waals surface area contributed by atoms with Gasteiger partial charge in [-0.1, -0.05) is 13.3 Å². The summed E-state index contributed by atoms with van der Waals surface area (Å²) in [7, 11) is 1.95. The summed E-state index contributed by atoms with van der Waals surface area (Å²) in [6, 6.07) is 0.381. The summed E-state index contributed by atoms with van der Waals surface area (Å²) in [5.41, 5.74) is 0. The maximum absolute atomic E-state index is 5.88. The van der Waals surface area contributed by atoms with Crippen molar-refractivity contribution in [2.75, 3.05) is 13.6 Å². The molecular formula is C12H23N3O. The molecule has 0 saturated carbocycles. The van der Waals surface area contributed by atoms with E-state index in [0.717, 1.165) is 25.1 Å². The molecule has 0 radical (unpaired) electrons. The highest BCUT2D eigenvalue weighted by atomic mass is 16.5. The number of ether oxygens (including phenoxy) is 1. The lowest BCUT2D eigenvalue weighted by molar-refractivity contribution is 0.189. The maximum atomic E-state index is 5.88. The lowest BCUT2D eigenvalue weighted by atomic mass is 10.2. The highest BCUT2D eigenvalue weighted by Gasteiger charge is 2.10. The van der Waals surface area contributed by atoms with E-state index < -0.39 is 0 Å². The van der Waals surface area contributed by atoms with Crippen LogP contribution in [0.25, 0.3) is 0 Å². The van der Waals surface area contributed by atoms with Gasteiger partial charge in [0.15, 0.2) is 5.75 Å². The molecule has 1 N–H and O–H groups in total. The van der Waals surface area contributed by atoms with Crippen LogP contribution in [0.4, 0.5) is 0 Å². The molecule has 4 heteroatoms. The lowest BCUT2D eigenvalue weighted by Crippen LogP contribution is -2.28. The van der Waals surface area contributed by atoms with Gasteiger partial charge >= 0.3 is 0 Å². The molecule has 0 amide bonds. The first kappa shape index (κ1) is 13.0. The first-order valence-corrected chi connectivity index (χ1v) is 6.02. The van der Waals surface area contributed by atoms with Gasteiger partial charge in [0.05, 0.1) is 12.4 Å². The van der Waals surface area contributed by atoms with Crippen molar-refractivity contribution in [1.29, 1.82) is 0 Å². The van der Waals surface area contributed by atoms with Gasteiger partial charge in [0.1, 0.15) is 6.10 Å². The predicted octanol–water partition coefficient (Wildman–Crippen LogP) is 2.23. The number of aromatic nitrogens is 2. The summed E-state index contributed by atoms with van der Waals surface area (Å²) in [4.78, 5) is 0. The largest absolute Gasteiger partial charge is 0.486 e. The van der Waals surface area contributed by atoms with Gasteiger partial charge in [-0.15, -0.1) is 0 Å². The molecule has 1 heterocycles. The van der Waals surface area contributed by atoms with Gasteiger partial charge in [-0.05, 0) is 27.3 Å². The Balaban J connectivity index is 2.55. The molecule has 1 aromatic rings. The molecule has 0 bridgehead atoms. The Morgan fingerprint density at radius 3 is 2.75 bits per heavy atom. The zero-order valence-corrected chi connectivity index (χ0v) is 10.7. The van der Waals surface area contributed by atoms with E-state index in [1.165, 1.54) is 0 Å². The monoisotopic (exact) mass is 225 g/mol. The SMILES string of the molecule is CCCC(CNC)Oc1cnn(C(C)C)c1. The molecule has 1 rings (SSSR count). The van der Waals surface area contributed by atoms with Crippen molar-refractivity contribution in [2.24, 2.45) is 0 Å². The van der Waals surface area contributed by atoms with Gasteiger partial charge in [0.2, 0.25) is 0 Å². The summed E-state index contributed by atoms with van der Waals surface area (Å²) < 4.78 is 7.79. The van der Waals surface area contributed by atoms with Crippen molar-refractivity contribution in [2.45, 2.75) is 45.8 Å². The van der Waals surface area contributed by atoms with E-state index in [2.05, 4.69) is 31.2 Å². The fourth-order valence-electron chi connectivity index (χ4n) is 1.61. The van der Waals surface area contributed by atoms with E-state index in [9.17, 15) is 0 Å².